The van der Waals surface area contributed by atoms with Gasteiger partial charge in [0.05, 0.1) is 7.11 Å². The Morgan fingerprint density at radius 2 is 1.71 bits per heavy atom. The summed E-state index contributed by atoms with van der Waals surface area (Å²) >= 11 is 0. The lowest BCUT2D eigenvalue weighted by Crippen LogP contribution is -2.46. The summed E-state index contributed by atoms with van der Waals surface area (Å²) in [5.74, 6) is 1.21. The van der Waals surface area contributed by atoms with E-state index in [1.807, 2.05) is 62.4 Å². The molecule has 2 aromatic rings. The first kappa shape index (κ1) is 26.8. The number of urea groups is 1. The highest BCUT2D eigenvalue weighted by molar-refractivity contribution is 5.74. The Bertz CT molecular complexity index is 926. The Balaban J connectivity index is 2.05. The van der Waals surface area contributed by atoms with Gasteiger partial charge < -0.3 is 29.7 Å². The number of hydrogen-bond donors (Lipinski definition) is 2. The van der Waals surface area contributed by atoms with Crippen LogP contribution in [0.4, 0.5) is 9.59 Å². The number of methoxy groups -OCH3 is 1. The Kier molecular flexibility index (Phi) is 10.0. The average molecular weight is 472 g/mol. The molecule has 2 rings (SSSR count). The van der Waals surface area contributed by atoms with E-state index < -0.39 is 11.7 Å². The van der Waals surface area contributed by atoms with E-state index in [0.29, 0.717) is 31.2 Å². The Morgan fingerprint density at radius 3 is 2.32 bits per heavy atom. The molecule has 8 heteroatoms. The maximum Gasteiger partial charge on any atom is 0.407 e. The van der Waals surface area contributed by atoms with Crippen molar-refractivity contribution in [2.75, 3.05) is 20.2 Å². The van der Waals surface area contributed by atoms with Gasteiger partial charge in [0.25, 0.3) is 0 Å². The second-order valence-electron chi connectivity index (χ2n) is 9.21. The van der Waals surface area contributed by atoms with Gasteiger partial charge in [0.1, 0.15) is 12.2 Å². The van der Waals surface area contributed by atoms with Gasteiger partial charge in [0.15, 0.2) is 11.5 Å². The lowest BCUT2D eigenvalue weighted by atomic mass is 10.2. The van der Waals surface area contributed by atoms with E-state index in [1.54, 1.807) is 32.8 Å². The quantitative estimate of drug-likeness (QED) is 0.523. The molecule has 0 saturated carbocycles. The van der Waals surface area contributed by atoms with Crippen LogP contribution in [0.2, 0.25) is 0 Å². The van der Waals surface area contributed by atoms with E-state index in [-0.39, 0.29) is 18.6 Å². The molecule has 0 heterocycles. The van der Waals surface area contributed by atoms with Crippen LogP contribution in [0.5, 0.6) is 11.5 Å². The number of benzene rings is 2. The molecule has 0 bridgehead atoms. The number of hydrogen-bond acceptors (Lipinski definition) is 5. The first-order chi connectivity index (χ1) is 16.1. The lowest BCUT2D eigenvalue weighted by molar-refractivity contribution is 0.0523. The second-order valence-corrected chi connectivity index (χ2v) is 9.21. The van der Waals surface area contributed by atoms with Gasteiger partial charge in [0.2, 0.25) is 0 Å². The van der Waals surface area contributed by atoms with Crippen LogP contribution in [-0.4, -0.2) is 48.9 Å². The Labute approximate surface area is 202 Å². The number of carbonyl (C=O) groups is 2. The smallest absolute Gasteiger partial charge is 0.407 e. The molecule has 186 valence electrons. The highest BCUT2D eigenvalue weighted by Crippen LogP contribution is 2.29. The Hall–Kier alpha value is -3.42. The van der Waals surface area contributed by atoms with Crippen molar-refractivity contribution in [2.45, 2.75) is 59.4 Å². The zero-order valence-electron chi connectivity index (χ0n) is 21.0. The third-order valence-corrected chi connectivity index (χ3v) is 4.59. The van der Waals surface area contributed by atoms with Crippen molar-refractivity contribution < 1.29 is 23.8 Å². The zero-order valence-corrected chi connectivity index (χ0v) is 21.0. The van der Waals surface area contributed by atoms with Crippen LogP contribution in [-0.2, 0) is 17.9 Å². The van der Waals surface area contributed by atoms with Gasteiger partial charge >= 0.3 is 12.1 Å². The van der Waals surface area contributed by atoms with Crippen LogP contribution in [0.15, 0.2) is 48.5 Å². The fourth-order valence-electron chi connectivity index (χ4n) is 3.08. The van der Waals surface area contributed by atoms with E-state index in [0.717, 1.165) is 11.1 Å². The summed E-state index contributed by atoms with van der Waals surface area (Å²) in [6.45, 7) is 10.5. The van der Waals surface area contributed by atoms with Crippen LogP contribution in [0.25, 0.3) is 0 Å². The summed E-state index contributed by atoms with van der Waals surface area (Å²) in [7, 11) is 1.59. The number of nitrogens with zero attached hydrogens (tertiary/aromatic N) is 1. The van der Waals surface area contributed by atoms with Crippen LogP contribution >= 0.6 is 0 Å². The van der Waals surface area contributed by atoms with Crippen LogP contribution < -0.4 is 20.1 Å². The molecular formula is C26H37N3O5. The molecule has 0 aliphatic rings. The molecule has 0 aliphatic heterocycles. The molecule has 8 nitrogen and oxygen atoms in total. The minimum Gasteiger partial charge on any atom is -0.493 e. The molecule has 0 fully saturated rings. The summed E-state index contributed by atoms with van der Waals surface area (Å²) in [5, 5.41) is 5.61. The molecule has 2 aromatic carbocycles. The molecule has 0 aliphatic carbocycles. The average Bonchev–Trinajstić information content (AvgIpc) is 2.76. The third kappa shape index (κ3) is 9.60. The van der Waals surface area contributed by atoms with E-state index in [4.69, 9.17) is 14.2 Å². The molecule has 0 spiro atoms. The summed E-state index contributed by atoms with van der Waals surface area (Å²) in [6, 6.07) is 15.3. The number of rotatable bonds is 10. The summed E-state index contributed by atoms with van der Waals surface area (Å²) in [6.07, 6.45) is -0.515. The maximum atomic E-state index is 12.8. The monoisotopic (exact) mass is 471 g/mol. The SMILES string of the molecule is COc1cc(CN(CCNC(=O)OC(C)(C)C)C(=O)NC(C)C)ccc1OCc1ccccc1. The normalized spacial score (nSPS) is 11.0. The van der Waals surface area contributed by atoms with Crippen molar-refractivity contribution in [3.05, 3.63) is 59.7 Å². The maximum absolute atomic E-state index is 12.8. The molecule has 2 N–H and O–H groups in total. The minimum atomic E-state index is -0.584. The van der Waals surface area contributed by atoms with Crippen molar-refractivity contribution in [1.29, 1.82) is 0 Å². The highest BCUT2D eigenvalue weighted by atomic mass is 16.6. The molecule has 0 unspecified atom stereocenters. The van der Waals surface area contributed by atoms with Crippen LogP contribution in [0.1, 0.15) is 45.7 Å². The molecular weight excluding hydrogens is 434 g/mol. The molecule has 0 saturated heterocycles. The number of carbonyl (C=O) groups excluding carboxylic acids is 2. The molecule has 0 aromatic heterocycles. The van der Waals surface area contributed by atoms with Crippen LogP contribution in [0.3, 0.4) is 0 Å². The van der Waals surface area contributed by atoms with E-state index in [9.17, 15) is 9.59 Å². The fourth-order valence-corrected chi connectivity index (χ4v) is 3.08. The predicted octanol–water partition coefficient (Wildman–Crippen LogP) is 4.72. The van der Waals surface area contributed by atoms with Crippen molar-refractivity contribution in [1.82, 2.24) is 15.5 Å². The molecule has 34 heavy (non-hydrogen) atoms. The van der Waals surface area contributed by atoms with Crippen LogP contribution in [0, 0.1) is 0 Å². The van der Waals surface area contributed by atoms with E-state index in [2.05, 4.69) is 10.6 Å². The predicted molar refractivity (Wildman–Crippen MR) is 132 cm³/mol. The number of ether oxygens (including phenoxy) is 3. The van der Waals surface area contributed by atoms with Gasteiger partial charge in [0, 0.05) is 25.7 Å². The molecule has 0 atom stereocenters. The van der Waals surface area contributed by atoms with Gasteiger partial charge in [-0.2, -0.15) is 0 Å². The molecule has 3 amide bonds. The Morgan fingerprint density at radius 1 is 1.00 bits per heavy atom. The van der Waals surface area contributed by atoms with Gasteiger partial charge in [-0.1, -0.05) is 36.4 Å². The second kappa shape index (κ2) is 12.7. The zero-order chi connectivity index (χ0) is 25.1. The number of alkyl carbamates (subject to hydrolysis) is 1. The van der Waals surface area contributed by atoms with Gasteiger partial charge in [-0.15, -0.1) is 0 Å². The number of amides is 3. The van der Waals surface area contributed by atoms with E-state index in [1.165, 1.54) is 0 Å². The fraction of sp³-hybridized carbons (Fsp3) is 0.462. The van der Waals surface area contributed by atoms with Crippen molar-refractivity contribution >= 4 is 12.1 Å². The number of nitrogens with one attached hydrogen (secondary N) is 2. The lowest BCUT2D eigenvalue weighted by Gasteiger charge is -2.25. The molecule has 0 radical (unpaired) electrons. The van der Waals surface area contributed by atoms with Gasteiger partial charge in [-0.3, -0.25) is 0 Å². The topological polar surface area (TPSA) is 89.1 Å². The summed E-state index contributed by atoms with van der Waals surface area (Å²) in [4.78, 5) is 26.3. The summed E-state index contributed by atoms with van der Waals surface area (Å²) in [5.41, 5.74) is 1.35. The van der Waals surface area contributed by atoms with Gasteiger partial charge in [-0.05, 0) is 57.9 Å². The van der Waals surface area contributed by atoms with Crippen molar-refractivity contribution in [3.8, 4) is 11.5 Å². The highest BCUT2D eigenvalue weighted by Gasteiger charge is 2.19. The third-order valence-electron chi connectivity index (χ3n) is 4.59. The summed E-state index contributed by atoms with van der Waals surface area (Å²) < 4.78 is 16.7. The van der Waals surface area contributed by atoms with Gasteiger partial charge in [-0.25, -0.2) is 9.59 Å². The van der Waals surface area contributed by atoms with E-state index >= 15 is 0 Å². The van der Waals surface area contributed by atoms with Crippen molar-refractivity contribution in [3.63, 3.8) is 0 Å². The minimum absolute atomic E-state index is 0.0166. The first-order valence-corrected chi connectivity index (χ1v) is 11.4. The van der Waals surface area contributed by atoms with Crippen molar-refractivity contribution in [2.24, 2.45) is 0 Å². The largest absolute Gasteiger partial charge is 0.493 e. The standard InChI is InChI=1S/C26H37N3O5/c1-19(2)28-24(30)29(15-14-27-25(31)34-26(3,4)5)17-21-12-13-22(23(16-21)32-6)33-18-20-10-8-7-9-11-20/h7-13,16,19H,14-15,17-18H2,1-6H3,(H,27,31)(H,28,30). The first-order valence-electron chi connectivity index (χ1n) is 11.4.